The van der Waals surface area contributed by atoms with Crippen LogP contribution in [0.5, 0.6) is 11.5 Å². The van der Waals surface area contributed by atoms with Gasteiger partial charge in [0.15, 0.2) is 17.3 Å². The second-order valence-electron chi connectivity index (χ2n) is 6.79. The minimum Gasteiger partial charge on any atom is -0.490 e. The number of nitrogens with zero attached hydrogens (tertiary/aromatic N) is 2. The van der Waals surface area contributed by atoms with Crippen LogP contribution in [-0.4, -0.2) is 34.5 Å². The third-order valence-corrected chi connectivity index (χ3v) is 4.73. The van der Waals surface area contributed by atoms with Gasteiger partial charge in [0.25, 0.3) is 5.91 Å². The molecule has 162 valence electrons. The first-order valence-corrected chi connectivity index (χ1v) is 10.3. The van der Waals surface area contributed by atoms with Crippen LogP contribution in [0.1, 0.15) is 46.8 Å². The zero-order chi connectivity index (χ0) is 22.4. The SMILES string of the molecule is CCCOc1c(Cl)cc(C(=O)Nc2ccc(C(=O)c3nccn3C)cc2)cc1OCC. The molecule has 1 aromatic heterocycles. The Bertz CT molecular complexity index is 1080. The second kappa shape index (κ2) is 10.1. The summed E-state index contributed by atoms with van der Waals surface area (Å²) in [6.45, 7) is 4.74. The van der Waals surface area contributed by atoms with Crippen LogP contribution in [0.15, 0.2) is 48.8 Å². The Kier molecular flexibility index (Phi) is 7.31. The van der Waals surface area contributed by atoms with Gasteiger partial charge in [-0.1, -0.05) is 18.5 Å². The van der Waals surface area contributed by atoms with E-state index in [9.17, 15) is 9.59 Å². The normalized spacial score (nSPS) is 10.6. The van der Waals surface area contributed by atoms with Gasteiger partial charge in [-0.2, -0.15) is 0 Å². The van der Waals surface area contributed by atoms with Crippen LogP contribution in [0.4, 0.5) is 5.69 Å². The van der Waals surface area contributed by atoms with E-state index in [-0.39, 0.29) is 11.7 Å². The number of aryl methyl sites for hydroxylation is 1. The summed E-state index contributed by atoms with van der Waals surface area (Å²) in [5.41, 5.74) is 1.36. The van der Waals surface area contributed by atoms with Crippen molar-refractivity contribution in [1.82, 2.24) is 9.55 Å². The third kappa shape index (κ3) is 5.24. The molecule has 3 rings (SSSR count). The number of carbonyl (C=O) groups excluding carboxylic acids is 2. The number of anilines is 1. The fourth-order valence-electron chi connectivity index (χ4n) is 2.93. The molecule has 0 saturated carbocycles. The van der Waals surface area contributed by atoms with Gasteiger partial charge in [-0.15, -0.1) is 0 Å². The van der Waals surface area contributed by atoms with Crippen molar-refractivity contribution in [3.8, 4) is 11.5 Å². The molecule has 0 spiro atoms. The third-order valence-electron chi connectivity index (χ3n) is 4.45. The highest BCUT2D eigenvalue weighted by atomic mass is 35.5. The monoisotopic (exact) mass is 441 g/mol. The zero-order valence-electron chi connectivity index (χ0n) is 17.6. The van der Waals surface area contributed by atoms with Gasteiger partial charge >= 0.3 is 0 Å². The van der Waals surface area contributed by atoms with Crippen molar-refractivity contribution < 1.29 is 19.1 Å². The molecule has 7 nitrogen and oxygen atoms in total. The number of halogens is 1. The minimum atomic E-state index is -0.354. The summed E-state index contributed by atoms with van der Waals surface area (Å²) in [6, 6.07) is 9.77. The van der Waals surface area contributed by atoms with Crippen molar-refractivity contribution >= 4 is 29.0 Å². The summed E-state index contributed by atoms with van der Waals surface area (Å²) in [5, 5.41) is 3.11. The van der Waals surface area contributed by atoms with Crippen molar-refractivity contribution in [2.24, 2.45) is 7.05 Å². The van der Waals surface area contributed by atoms with Crippen LogP contribution in [-0.2, 0) is 7.05 Å². The number of ether oxygens (including phenoxy) is 2. The van der Waals surface area contributed by atoms with Gasteiger partial charge in [-0.05, 0) is 49.7 Å². The number of aromatic nitrogens is 2. The van der Waals surface area contributed by atoms with Crippen molar-refractivity contribution in [1.29, 1.82) is 0 Å². The molecule has 0 bridgehead atoms. The Morgan fingerprint density at radius 2 is 1.84 bits per heavy atom. The molecule has 1 amide bonds. The molecule has 31 heavy (non-hydrogen) atoms. The van der Waals surface area contributed by atoms with Gasteiger partial charge in [0.1, 0.15) is 0 Å². The van der Waals surface area contributed by atoms with E-state index in [2.05, 4.69) is 10.3 Å². The fraction of sp³-hybridized carbons (Fsp3) is 0.261. The van der Waals surface area contributed by atoms with Crippen LogP contribution in [0.2, 0.25) is 5.02 Å². The predicted molar refractivity (Wildman–Crippen MR) is 119 cm³/mol. The molecular weight excluding hydrogens is 418 g/mol. The summed E-state index contributed by atoms with van der Waals surface area (Å²) in [7, 11) is 1.76. The maximum Gasteiger partial charge on any atom is 0.255 e. The number of benzene rings is 2. The van der Waals surface area contributed by atoms with Gasteiger partial charge in [-0.25, -0.2) is 4.98 Å². The van der Waals surface area contributed by atoms with Gasteiger partial charge in [0.2, 0.25) is 5.78 Å². The molecule has 3 aromatic rings. The first kappa shape index (κ1) is 22.4. The molecule has 0 unspecified atom stereocenters. The second-order valence-corrected chi connectivity index (χ2v) is 7.20. The molecule has 0 aliphatic carbocycles. The number of amides is 1. The Morgan fingerprint density at radius 3 is 2.45 bits per heavy atom. The lowest BCUT2D eigenvalue weighted by Gasteiger charge is -2.15. The van der Waals surface area contributed by atoms with Gasteiger partial charge in [-0.3, -0.25) is 9.59 Å². The molecular formula is C23H24ClN3O4. The molecule has 8 heteroatoms. The number of rotatable bonds is 9. The molecule has 0 aliphatic heterocycles. The number of carbonyl (C=O) groups is 2. The highest BCUT2D eigenvalue weighted by Crippen LogP contribution is 2.37. The Morgan fingerprint density at radius 1 is 1.10 bits per heavy atom. The van der Waals surface area contributed by atoms with Crippen molar-refractivity contribution in [2.75, 3.05) is 18.5 Å². The number of hydrogen-bond donors (Lipinski definition) is 1. The maximum atomic E-state index is 12.8. The largest absolute Gasteiger partial charge is 0.490 e. The first-order valence-electron chi connectivity index (χ1n) is 9.97. The maximum absolute atomic E-state index is 12.8. The average molecular weight is 442 g/mol. The summed E-state index contributed by atoms with van der Waals surface area (Å²) in [6.07, 6.45) is 4.10. The number of hydrogen-bond acceptors (Lipinski definition) is 5. The average Bonchev–Trinajstić information content (AvgIpc) is 3.19. The number of ketones is 1. The lowest BCUT2D eigenvalue weighted by Crippen LogP contribution is -2.13. The molecule has 0 saturated heterocycles. The molecule has 2 aromatic carbocycles. The van der Waals surface area contributed by atoms with Gasteiger partial charge in [0, 0.05) is 36.3 Å². The molecule has 0 atom stereocenters. The summed E-state index contributed by atoms with van der Waals surface area (Å²) in [5.74, 6) is 0.651. The van der Waals surface area contributed by atoms with Crippen LogP contribution >= 0.6 is 11.6 Å². The lowest BCUT2D eigenvalue weighted by molar-refractivity contribution is 0.101. The smallest absolute Gasteiger partial charge is 0.255 e. The Labute approximate surface area is 186 Å². The zero-order valence-corrected chi connectivity index (χ0v) is 18.4. The molecule has 1 heterocycles. The molecule has 0 fully saturated rings. The topological polar surface area (TPSA) is 82.5 Å². The highest BCUT2D eigenvalue weighted by Gasteiger charge is 2.17. The van der Waals surface area contributed by atoms with Crippen LogP contribution in [0, 0.1) is 0 Å². The van der Waals surface area contributed by atoms with Gasteiger partial charge < -0.3 is 19.4 Å². The molecule has 1 N–H and O–H groups in total. The molecule has 0 radical (unpaired) electrons. The fourth-order valence-corrected chi connectivity index (χ4v) is 3.19. The lowest BCUT2D eigenvalue weighted by atomic mass is 10.1. The van der Waals surface area contributed by atoms with E-state index < -0.39 is 0 Å². The van der Waals surface area contributed by atoms with Crippen molar-refractivity contribution in [3.05, 3.63) is 70.8 Å². The summed E-state index contributed by atoms with van der Waals surface area (Å²) >= 11 is 6.34. The van der Waals surface area contributed by atoms with E-state index in [1.807, 2.05) is 13.8 Å². The minimum absolute atomic E-state index is 0.193. The van der Waals surface area contributed by atoms with Crippen molar-refractivity contribution in [3.63, 3.8) is 0 Å². The quantitative estimate of drug-likeness (QED) is 0.485. The van der Waals surface area contributed by atoms with E-state index in [4.69, 9.17) is 21.1 Å². The predicted octanol–water partition coefficient (Wildman–Crippen LogP) is 4.74. The van der Waals surface area contributed by atoms with Crippen LogP contribution < -0.4 is 14.8 Å². The van der Waals surface area contributed by atoms with E-state index >= 15 is 0 Å². The van der Waals surface area contributed by atoms with Crippen LogP contribution in [0.3, 0.4) is 0 Å². The van der Waals surface area contributed by atoms with E-state index in [1.54, 1.807) is 60.4 Å². The van der Waals surface area contributed by atoms with Crippen LogP contribution in [0.25, 0.3) is 0 Å². The van der Waals surface area contributed by atoms with E-state index in [0.717, 1.165) is 6.42 Å². The summed E-state index contributed by atoms with van der Waals surface area (Å²) in [4.78, 5) is 29.3. The molecule has 0 aliphatic rings. The summed E-state index contributed by atoms with van der Waals surface area (Å²) < 4.78 is 12.9. The number of imidazole rings is 1. The highest BCUT2D eigenvalue weighted by molar-refractivity contribution is 6.32. The standard InChI is InChI=1S/C23H24ClN3O4/c1-4-12-31-21-18(24)13-16(14-19(21)30-5-2)23(29)26-17-8-6-15(7-9-17)20(28)22-25-10-11-27(22)3/h6-11,13-14H,4-5,12H2,1-3H3,(H,26,29). The van der Waals surface area contributed by atoms with E-state index in [0.29, 0.717) is 52.4 Å². The number of nitrogens with one attached hydrogen (secondary N) is 1. The van der Waals surface area contributed by atoms with E-state index in [1.165, 1.54) is 0 Å². The van der Waals surface area contributed by atoms with Crippen molar-refractivity contribution in [2.45, 2.75) is 20.3 Å². The Balaban J connectivity index is 1.76. The first-order chi connectivity index (χ1) is 14.9. The Hall–Kier alpha value is -3.32. The van der Waals surface area contributed by atoms with Gasteiger partial charge in [0.05, 0.1) is 18.2 Å².